The van der Waals surface area contributed by atoms with Gasteiger partial charge in [0.2, 0.25) is 5.91 Å². The zero-order chi connectivity index (χ0) is 17.6. The van der Waals surface area contributed by atoms with Crippen molar-refractivity contribution in [3.8, 4) is 0 Å². The molecule has 0 aromatic heterocycles. The predicted molar refractivity (Wildman–Crippen MR) is 96.3 cm³/mol. The molecule has 0 aliphatic heterocycles. The van der Waals surface area contributed by atoms with Gasteiger partial charge in [-0.2, -0.15) is 0 Å². The van der Waals surface area contributed by atoms with E-state index >= 15 is 0 Å². The first-order chi connectivity index (χ1) is 11.9. The van der Waals surface area contributed by atoms with Crippen LogP contribution in [-0.4, -0.2) is 16.4 Å². The number of benzene rings is 1. The summed E-state index contributed by atoms with van der Waals surface area (Å²) in [5.74, 6) is 1.77. The summed E-state index contributed by atoms with van der Waals surface area (Å²) in [4.78, 5) is 12.4. The minimum absolute atomic E-state index is 0.0584. The average Bonchev–Trinajstić information content (AvgIpc) is 2.51. The molecule has 0 radical (unpaired) electrons. The van der Waals surface area contributed by atoms with Crippen molar-refractivity contribution in [1.82, 2.24) is 5.32 Å². The van der Waals surface area contributed by atoms with Gasteiger partial charge in [0.15, 0.2) is 0 Å². The van der Waals surface area contributed by atoms with Crippen LogP contribution < -0.4 is 5.32 Å². The zero-order valence-corrected chi connectivity index (χ0v) is 15.4. The summed E-state index contributed by atoms with van der Waals surface area (Å²) in [6.45, 7) is 1.74. The third-order valence-electron chi connectivity index (χ3n) is 6.30. The van der Waals surface area contributed by atoms with Crippen molar-refractivity contribution >= 4 is 17.7 Å². The maximum absolute atomic E-state index is 13.8. The fraction of sp³-hybridized carbons (Fsp3) is 0.650. The Balaban J connectivity index is 1.33. The van der Waals surface area contributed by atoms with Crippen LogP contribution >= 0.6 is 11.8 Å². The van der Waals surface area contributed by atoms with Crippen LogP contribution in [0.25, 0.3) is 0 Å². The molecule has 136 valence electrons. The molecule has 4 aliphatic rings. The Labute approximate surface area is 152 Å². The molecular formula is C20H25F2NOS. The number of halogens is 2. The summed E-state index contributed by atoms with van der Waals surface area (Å²) in [5.41, 5.74) is 0.328. The number of hydrogen-bond donors (Lipinski definition) is 1. The van der Waals surface area contributed by atoms with Gasteiger partial charge < -0.3 is 5.32 Å². The van der Waals surface area contributed by atoms with Crippen molar-refractivity contribution in [1.29, 1.82) is 0 Å². The van der Waals surface area contributed by atoms with E-state index in [1.165, 1.54) is 50.7 Å². The van der Waals surface area contributed by atoms with Crippen LogP contribution in [0.2, 0.25) is 0 Å². The molecule has 2 nitrogen and oxygen atoms in total. The monoisotopic (exact) mass is 365 g/mol. The van der Waals surface area contributed by atoms with E-state index in [-0.39, 0.29) is 5.91 Å². The Kier molecular flexibility index (Phi) is 4.55. The van der Waals surface area contributed by atoms with E-state index < -0.39 is 17.7 Å². The highest BCUT2D eigenvalue weighted by atomic mass is 32.2. The molecule has 25 heavy (non-hydrogen) atoms. The number of nitrogens with one attached hydrogen (secondary N) is 1. The molecule has 1 aromatic carbocycles. The Hall–Kier alpha value is -1.10. The third kappa shape index (κ3) is 3.57. The Bertz CT molecular complexity index is 642. The fourth-order valence-corrected chi connectivity index (χ4v) is 7.22. The molecule has 0 saturated heterocycles. The van der Waals surface area contributed by atoms with Crippen LogP contribution in [0, 0.1) is 29.4 Å². The lowest BCUT2D eigenvalue weighted by atomic mass is 9.56. The Morgan fingerprint density at radius 1 is 1.20 bits per heavy atom. The zero-order valence-electron chi connectivity index (χ0n) is 14.6. The number of carbonyl (C=O) groups is 1. The second-order valence-electron chi connectivity index (χ2n) is 8.34. The first-order valence-electron chi connectivity index (χ1n) is 9.31. The van der Waals surface area contributed by atoms with Gasteiger partial charge in [-0.25, -0.2) is 8.78 Å². The largest absolute Gasteiger partial charge is 0.349 e. The van der Waals surface area contributed by atoms with Crippen molar-refractivity contribution in [2.75, 3.05) is 5.75 Å². The number of rotatable bonds is 5. The summed E-state index contributed by atoms with van der Waals surface area (Å²) in [6.07, 6.45) is 7.98. The SMILES string of the molecule is C[C@H](NC(=O)CSC12CC3CC(CC(C3)C1)C2)c1ccc(F)cc1F. The van der Waals surface area contributed by atoms with Gasteiger partial charge in [0, 0.05) is 16.4 Å². The van der Waals surface area contributed by atoms with E-state index in [9.17, 15) is 13.6 Å². The lowest BCUT2D eigenvalue weighted by molar-refractivity contribution is -0.119. The smallest absolute Gasteiger partial charge is 0.230 e. The Morgan fingerprint density at radius 3 is 2.36 bits per heavy atom. The number of thioether (sulfide) groups is 1. The quantitative estimate of drug-likeness (QED) is 0.809. The fourth-order valence-electron chi connectivity index (χ4n) is 5.64. The lowest BCUT2D eigenvalue weighted by Crippen LogP contribution is -2.49. The van der Waals surface area contributed by atoms with Crippen molar-refractivity contribution in [2.24, 2.45) is 17.8 Å². The van der Waals surface area contributed by atoms with Gasteiger partial charge in [0.05, 0.1) is 11.8 Å². The van der Waals surface area contributed by atoms with E-state index in [0.717, 1.165) is 23.8 Å². The van der Waals surface area contributed by atoms with Gasteiger partial charge in [0.1, 0.15) is 11.6 Å². The van der Waals surface area contributed by atoms with E-state index in [2.05, 4.69) is 5.32 Å². The standard InChI is InChI=1S/C20H25F2NOS/c1-12(17-3-2-16(21)7-18(17)22)23-19(24)11-25-20-8-13-4-14(9-20)6-15(5-13)10-20/h2-3,7,12-15H,4-6,8-11H2,1H3,(H,23,24)/t12-,13?,14?,15?,20?/m0/s1. The van der Waals surface area contributed by atoms with E-state index in [1.54, 1.807) is 6.92 Å². The summed E-state index contributed by atoms with van der Waals surface area (Å²) >= 11 is 1.82. The molecule has 5 heteroatoms. The summed E-state index contributed by atoms with van der Waals surface area (Å²) in [5, 5.41) is 2.87. The van der Waals surface area contributed by atoms with Crippen LogP contribution in [0.5, 0.6) is 0 Å². The molecule has 1 N–H and O–H groups in total. The third-order valence-corrected chi connectivity index (χ3v) is 7.82. The molecule has 0 unspecified atom stereocenters. The molecule has 1 atom stereocenters. The van der Waals surface area contributed by atoms with Gasteiger partial charge >= 0.3 is 0 Å². The molecule has 1 aromatic rings. The second-order valence-corrected chi connectivity index (χ2v) is 9.79. The highest BCUT2D eigenvalue weighted by Gasteiger charge is 2.51. The number of amides is 1. The second kappa shape index (κ2) is 6.57. The number of carbonyl (C=O) groups excluding carboxylic acids is 1. The van der Waals surface area contributed by atoms with Gasteiger partial charge in [-0.3, -0.25) is 4.79 Å². The van der Waals surface area contributed by atoms with Crippen molar-refractivity contribution < 1.29 is 13.6 Å². The average molecular weight is 365 g/mol. The first kappa shape index (κ1) is 17.3. The molecule has 0 heterocycles. The maximum Gasteiger partial charge on any atom is 0.230 e. The van der Waals surface area contributed by atoms with E-state index in [4.69, 9.17) is 0 Å². The van der Waals surface area contributed by atoms with E-state index in [1.807, 2.05) is 11.8 Å². The van der Waals surface area contributed by atoms with Gasteiger partial charge in [0.25, 0.3) is 0 Å². The van der Waals surface area contributed by atoms with Crippen molar-refractivity contribution in [3.63, 3.8) is 0 Å². The molecule has 4 bridgehead atoms. The van der Waals surface area contributed by atoms with E-state index in [0.29, 0.717) is 16.1 Å². The summed E-state index contributed by atoms with van der Waals surface area (Å²) < 4.78 is 27.2. The molecule has 0 spiro atoms. The number of hydrogen-bond acceptors (Lipinski definition) is 2. The highest BCUT2D eigenvalue weighted by molar-refractivity contribution is 8.01. The molecule has 4 saturated carbocycles. The van der Waals surface area contributed by atoms with Gasteiger partial charge in [-0.05, 0) is 69.3 Å². The van der Waals surface area contributed by atoms with Crippen molar-refractivity contribution in [3.05, 3.63) is 35.4 Å². The van der Waals surface area contributed by atoms with Gasteiger partial charge in [-0.15, -0.1) is 11.8 Å². The molecule has 4 fully saturated rings. The highest BCUT2D eigenvalue weighted by Crippen LogP contribution is 2.60. The molecule has 5 rings (SSSR count). The minimum atomic E-state index is -0.610. The minimum Gasteiger partial charge on any atom is -0.349 e. The Morgan fingerprint density at radius 2 is 1.80 bits per heavy atom. The molecule has 4 aliphatic carbocycles. The lowest BCUT2D eigenvalue weighted by Gasteiger charge is -2.56. The molecule has 1 amide bonds. The molecular weight excluding hydrogens is 340 g/mol. The van der Waals surface area contributed by atoms with Crippen molar-refractivity contribution in [2.45, 2.75) is 56.2 Å². The van der Waals surface area contributed by atoms with Gasteiger partial charge in [-0.1, -0.05) is 6.07 Å². The topological polar surface area (TPSA) is 29.1 Å². The first-order valence-corrected chi connectivity index (χ1v) is 10.3. The maximum atomic E-state index is 13.8. The van der Waals surface area contributed by atoms with Crippen LogP contribution in [0.3, 0.4) is 0 Å². The van der Waals surface area contributed by atoms with Crippen LogP contribution in [0.4, 0.5) is 8.78 Å². The van der Waals surface area contributed by atoms with Crippen LogP contribution in [0.15, 0.2) is 18.2 Å². The predicted octanol–water partition coefficient (Wildman–Crippen LogP) is 4.84. The normalized spacial score (nSPS) is 34.1. The van der Waals surface area contributed by atoms with Crippen LogP contribution in [0.1, 0.15) is 57.1 Å². The summed E-state index contributed by atoms with van der Waals surface area (Å²) in [6, 6.07) is 3.04. The summed E-state index contributed by atoms with van der Waals surface area (Å²) in [7, 11) is 0. The van der Waals surface area contributed by atoms with Crippen LogP contribution in [-0.2, 0) is 4.79 Å².